The van der Waals surface area contributed by atoms with Crippen molar-refractivity contribution in [2.75, 3.05) is 0 Å². The molecule has 21 heavy (non-hydrogen) atoms. The minimum absolute atomic E-state index is 0.00257. The summed E-state index contributed by atoms with van der Waals surface area (Å²) in [6, 6.07) is 8.94. The van der Waals surface area contributed by atoms with Gasteiger partial charge in [0.25, 0.3) is 0 Å². The zero-order valence-electron chi connectivity index (χ0n) is 11.9. The molecule has 0 aliphatic heterocycles. The van der Waals surface area contributed by atoms with Crippen LogP contribution in [0, 0.1) is 6.92 Å². The van der Waals surface area contributed by atoms with E-state index in [1.54, 1.807) is 0 Å². The fourth-order valence-corrected chi connectivity index (χ4v) is 3.74. The molecular weight excluding hydrogens is 308 g/mol. The lowest BCUT2D eigenvalue weighted by atomic mass is 10.0. The molecule has 1 unspecified atom stereocenters. The van der Waals surface area contributed by atoms with Crippen LogP contribution in [0.25, 0.3) is 0 Å². The molecule has 4 nitrogen and oxygen atoms in total. The fourth-order valence-electron chi connectivity index (χ4n) is 2.00. The van der Waals surface area contributed by atoms with Crippen LogP contribution in [0.5, 0.6) is 0 Å². The van der Waals surface area contributed by atoms with E-state index in [1.165, 1.54) is 18.5 Å². The first-order chi connectivity index (χ1) is 9.94. The minimum Gasteiger partial charge on any atom is -0.263 e. The summed E-state index contributed by atoms with van der Waals surface area (Å²) in [4.78, 5) is 3.82. The van der Waals surface area contributed by atoms with Crippen LogP contribution in [-0.2, 0) is 10.0 Å². The van der Waals surface area contributed by atoms with Crippen molar-refractivity contribution < 1.29 is 8.42 Å². The van der Waals surface area contributed by atoms with Crippen LogP contribution in [0.4, 0.5) is 0 Å². The van der Waals surface area contributed by atoms with E-state index >= 15 is 0 Å². The molecule has 1 aromatic carbocycles. The molecule has 0 bridgehead atoms. The number of hydrogen-bond donors (Lipinski definition) is 1. The average molecular weight is 325 g/mol. The van der Waals surface area contributed by atoms with Gasteiger partial charge in [-0.05, 0) is 25.0 Å². The molecule has 0 saturated heterocycles. The quantitative estimate of drug-likeness (QED) is 0.916. The van der Waals surface area contributed by atoms with E-state index in [4.69, 9.17) is 11.6 Å². The highest BCUT2D eigenvalue weighted by atomic mass is 35.5. The molecule has 1 N–H and O–H groups in total. The van der Waals surface area contributed by atoms with Gasteiger partial charge in [0.2, 0.25) is 10.0 Å². The molecule has 0 radical (unpaired) electrons. The Balaban J connectivity index is 2.30. The summed E-state index contributed by atoms with van der Waals surface area (Å²) in [6.07, 6.45) is 3.35. The van der Waals surface area contributed by atoms with Gasteiger partial charge in [-0.1, -0.05) is 48.4 Å². The van der Waals surface area contributed by atoms with Crippen LogP contribution in [-0.4, -0.2) is 13.4 Å². The van der Waals surface area contributed by atoms with Gasteiger partial charge in [-0.3, -0.25) is 4.98 Å². The third-order valence-electron chi connectivity index (χ3n) is 3.21. The Morgan fingerprint density at radius 2 is 1.90 bits per heavy atom. The molecule has 0 spiro atoms. The summed E-state index contributed by atoms with van der Waals surface area (Å²) < 4.78 is 27.5. The number of aromatic nitrogens is 1. The molecule has 6 heteroatoms. The number of halogens is 1. The van der Waals surface area contributed by atoms with Gasteiger partial charge in [0.1, 0.15) is 4.90 Å². The monoisotopic (exact) mass is 324 g/mol. The second-order valence-corrected chi connectivity index (χ2v) is 6.89. The molecule has 0 amide bonds. The highest BCUT2D eigenvalue weighted by Crippen LogP contribution is 2.24. The van der Waals surface area contributed by atoms with E-state index in [-0.39, 0.29) is 16.0 Å². The van der Waals surface area contributed by atoms with Crippen LogP contribution in [0.1, 0.15) is 30.5 Å². The van der Waals surface area contributed by atoms with Crippen LogP contribution in [0.3, 0.4) is 0 Å². The van der Waals surface area contributed by atoms with Gasteiger partial charge < -0.3 is 0 Å². The Kier molecular flexibility index (Phi) is 4.98. The predicted molar refractivity (Wildman–Crippen MR) is 83.8 cm³/mol. The second-order valence-electron chi connectivity index (χ2n) is 4.80. The third-order valence-corrected chi connectivity index (χ3v) is 5.15. The maximum Gasteiger partial charge on any atom is 0.244 e. The number of rotatable bonds is 5. The van der Waals surface area contributed by atoms with E-state index < -0.39 is 10.0 Å². The van der Waals surface area contributed by atoms with Crippen molar-refractivity contribution in [3.8, 4) is 0 Å². The van der Waals surface area contributed by atoms with Gasteiger partial charge in [-0.25, -0.2) is 13.1 Å². The first-order valence-corrected chi connectivity index (χ1v) is 8.48. The molecule has 0 aliphatic rings. The molecule has 1 heterocycles. The molecule has 2 rings (SSSR count). The zero-order valence-corrected chi connectivity index (χ0v) is 13.4. The van der Waals surface area contributed by atoms with Crippen LogP contribution in [0.15, 0.2) is 47.6 Å². The smallest absolute Gasteiger partial charge is 0.244 e. The molecule has 1 atom stereocenters. The van der Waals surface area contributed by atoms with Crippen molar-refractivity contribution in [2.45, 2.75) is 31.2 Å². The molecule has 2 aromatic rings. The highest BCUT2D eigenvalue weighted by Gasteiger charge is 2.22. The van der Waals surface area contributed by atoms with Gasteiger partial charge in [0, 0.05) is 18.4 Å². The van der Waals surface area contributed by atoms with E-state index in [0.29, 0.717) is 6.42 Å². The van der Waals surface area contributed by atoms with Crippen LogP contribution < -0.4 is 4.72 Å². The van der Waals surface area contributed by atoms with Crippen molar-refractivity contribution in [3.05, 3.63) is 58.9 Å². The standard InChI is InChI=1S/C15H17ClN2O2S/c1-3-14(12-6-4-11(2)5-7-12)18-21(19,20)15-10-17-9-8-13(15)16/h4-10,14,18H,3H2,1-2H3. The van der Waals surface area contributed by atoms with E-state index in [9.17, 15) is 8.42 Å². The molecule has 112 valence electrons. The Morgan fingerprint density at radius 1 is 1.24 bits per heavy atom. The number of aryl methyl sites for hydroxylation is 1. The summed E-state index contributed by atoms with van der Waals surface area (Å²) in [5.41, 5.74) is 2.05. The van der Waals surface area contributed by atoms with E-state index in [2.05, 4.69) is 9.71 Å². The summed E-state index contributed by atoms with van der Waals surface area (Å²) >= 11 is 5.94. The van der Waals surface area contributed by atoms with Crippen molar-refractivity contribution in [2.24, 2.45) is 0 Å². The number of benzene rings is 1. The maximum atomic E-state index is 12.4. The number of sulfonamides is 1. The zero-order chi connectivity index (χ0) is 15.5. The third kappa shape index (κ3) is 3.81. The fraction of sp³-hybridized carbons (Fsp3) is 0.267. The van der Waals surface area contributed by atoms with E-state index in [1.807, 2.05) is 38.1 Å². The Bertz CT molecular complexity index is 715. The minimum atomic E-state index is -3.70. The summed E-state index contributed by atoms with van der Waals surface area (Å²) in [5.74, 6) is 0. The largest absolute Gasteiger partial charge is 0.263 e. The second kappa shape index (κ2) is 6.56. The van der Waals surface area contributed by atoms with Crippen molar-refractivity contribution in [1.82, 2.24) is 9.71 Å². The van der Waals surface area contributed by atoms with E-state index in [0.717, 1.165) is 11.1 Å². The molecule has 0 aliphatic carbocycles. The first kappa shape index (κ1) is 15.9. The van der Waals surface area contributed by atoms with Crippen molar-refractivity contribution in [3.63, 3.8) is 0 Å². The Labute approximate surface area is 130 Å². The molecule has 0 fully saturated rings. The number of nitrogens with zero attached hydrogens (tertiary/aromatic N) is 1. The number of hydrogen-bond acceptors (Lipinski definition) is 3. The van der Waals surface area contributed by atoms with Gasteiger partial charge in [-0.15, -0.1) is 0 Å². The summed E-state index contributed by atoms with van der Waals surface area (Å²) in [5, 5.41) is 0.163. The van der Waals surface area contributed by atoms with Crippen molar-refractivity contribution in [1.29, 1.82) is 0 Å². The molecule has 0 saturated carbocycles. The maximum absolute atomic E-state index is 12.4. The number of pyridine rings is 1. The first-order valence-electron chi connectivity index (χ1n) is 6.62. The summed E-state index contributed by atoms with van der Waals surface area (Å²) in [6.45, 7) is 3.92. The predicted octanol–water partition coefficient (Wildman–Crippen LogP) is 3.47. The lowest BCUT2D eigenvalue weighted by Gasteiger charge is -2.18. The van der Waals surface area contributed by atoms with Gasteiger partial charge >= 0.3 is 0 Å². The normalized spacial score (nSPS) is 13.1. The molecule has 1 aromatic heterocycles. The van der Waals surface area contributed by atoms with Crippen LogP contribution >= 0.6 is 11.6 Å². The SMILES string of the molecule is CCC(NS(=O)(=O)c1cnccc1Cl)c1ccc(C)cc1. The van der Waals surface area contributed by atoms with Gasteiger partial charge in [0.05, 0.1) is 5.02 Å². The number of nitrogens with one attached hydrogen (secondary N) is 1. The van der Waals surface area contributed by atoms with Crippen molar-refractivity contribution >= 4 is 21.6 Å². The lowest BCUT2D eigenvalue weighted by Crippen LogP contribution is -2.28. The average Bonchev–Trinajstić information content (AvgIpc) is 2.46. The highest BCUT2D eigenvalue weighted by molar-refractivity contribution is 7.89. The molecular formula is C15H17ClN2O2S. The van der Waals surface area contributed by atoms with Gasteiger partial charge in [-0.2, -0.15) is 0 Å². The topological polar surface area (TPSA) is 59.1 Å². The summed E-state index contributed by atoms with van der Waals surface area (Å²) in [7, 11) is -3.70. The van der Waals surface area contributed by atoms with Crippen LogP contribution in [0.2, 0.25) is 5.02 Å². The lowest BCUT2D eigenvalue weighted by molar-refractivity contribution is 0.550. The Hall–Kier alpha value is -1.43. The van der Waals surface area contributed by atoms with Gasteiger partial charge in [0.15, 0.2) is 0 Å². The Morgan fingerprint density at radius 3 is 2.48 bits per heavy atom.